The van der Waals surface area contributed by atoms with E-state index in [1.165, 1.54) is 23.9 Å². The Labute approximate surface area is 174 Å². The molecule has 0 spiro atoms. The van der Waals surface area contributed by atoms with Gasteiger partial charge in [-0.3, -0.25) is 4.79 Å². The number of benzene rings is 2. The highest BCUT2D eigenvalue weighted by molar-refractivity contribution is 7.99. The van der Waals surface area contributed by atoms with Crippen LogP contribution in [0.15, 0.2) is 52.5 Å². The predicted octanol–water partition coefficient (Wildman–Crippen LogP) is 3.39. The molecule has 0 atom stereocenters. The van der Waals surface area contributed by atoms with Gasteiger partial charge in [-0.05, 0) is 48.7 Å². The molecule has 0 saturated heterocycles. The van der Waals surface area contributed by atoms with Gasteiger partial charge in [-0.15, -0.1) is 0 Å². The van der Waals surface area contributed by atoms with Crippen molar-refractivity contribution >= 4 is 44.4 Å². The van der Waals surface area contributed by atoms with E-state index in [1.54, 1.807) is 6.07 Å². The molecule has 154 valence electrons. The largest absolute Gasteiger partial charge is 0.325 e. The van der Waals surface area contributed by atoms with Crippen molar-refractivity contribution < 1.29 is 13.2 Å². The van der Waals surface area contributed by atoms with Crippen molar-refractivity contribution in [3.8, 4) is 0 Å². The third kappa shape index (κ3) is 5.17. The van der Waals surface area contributed by atoms with E-state index >= 15 is 0 Å². The molecule has 3 rings (SSSR count). The monoisotopic (exact) mass is 432 g/mol. The fourth-order valence-electron chi connectivity index (χ4n) is 3.01. The van der Waals surface area contributed by atoms with E-state index in [4.69, 9.17) is 5.14 Å². The number of imidazole rings is 1. The first-order chi connectivity index (χ1) is 13.8. The molecular weight excluding hydrogens is 408 g/mol. The van der Waals surface area contributed by atoms with Crippen LogP contribution >= 0.6 is 11.8 Å². The van der Waals surface area contributed by atoms with Crippen LogP contribution in [0.2, 0.25) is 0 Å². The number of anilines is 1. The minimum absolute atomic E-state index is 0.0243. The van der Waals surface area contributed by atoms with E-state index in [-0.39, 0.29) is 16.6 Å². The Balaban J connectivity index is 1.79. The minimum atomic E-state index is -3.80. The maximum atomic E-state index is 12.4. The van der Waals surface area contributed by atoms with Crippen molar-refractivity contribution in [1.29, 1.82) is 0 Å². The summed E-state index contributed by atoms with van der Waals surface area (Å²) in [5.41, 5.74) is 3.29. The number of nitrogens with zero attached hydrogens (tertiary/aromatic N) is 2. The summed E-state index contributed by atoms with van der Waals surface area (Å²) >= 11 is 1.32. The molecule has 9 heteroatoms. The van der Waals surface area contributed by atoms with Crippen LogP contribution in [0.3, 0.4) is 0 Å². The molecule has 0 aliphatic rings. The number of nitrogens with one attached hydrogen (secondary N) is 1. The van der Waals surface area contributed by atoms with E-state index in [0.717, 1.165) is 29.6 Å². The number of carbonyl (C=O) groups excluding carboxylic acids is 1. The third-order valence-electron chi connectivity index (χ3n) is 4.41. The number of sulfonamides is 1. The Bertz CT molecular complexity index is 1140. The summed E-state index contributed by atoms with van der Waals surface area (Å²) in [6.07, 6.45) is 1.78. The highest BCUT2D eigenvalue weighted by Crippen LogP contribution is 2.26. The van der Waals surface area contributed by atoms with Crippen LogP contribution in [-0.4, -0.2) is 29.6 Å². The fraction of sp³-hybridized carbons (Fsp3) is 0.300. The van der Waals surface area contributed by atoms with Gasteiger partial charge in [-0.2, -0.15) is 0 Å². The highest BCUT2D eigenvalue weighted by atomic mass is 32.2. The van der Waals surface area contributed by atoms with Gasteiger partial charge in [0, 0.05) is 12.2 Å². The number of carbonyl (C=O) groups is 1. The molecule has 0 aliphatic heterocycles. The normalized spacial score (nSPS) is 11.7. The first-order valence-electron chi connectivity index (χ1n) is 9.36. The molecule has 29 heavy (non-hydrogen) atoms. The summed E-state index contributed by atoms with van der Waals surface area (Å²) in [6, 6.07) is 12.4. The molecule has 0 bridgehead atoms. The lowest BCUT2D eigenvalue weighted by Crippen LogP contribution is -2.14. The van der Waals surface area contributed by atoms with Crippen molar-refractivity contribution in [2.75, 3.05) is 11.1 Å². The standard InChI is InChI=1S/C20H24N4O3S2/c1-3-10-24-18-9-8-16(29(21,26)27)12-17(18)23-20(24)28-13-19(25)22-15-7-5-6-14(4-2)11-15/h5-9,11-12H,3-4,10,13H2,1-2H3,(H,22,25)(H2,21,26,27). The topological polar surface area (TPSA) is 107 Å². The molecule has 2 aromatic carbocycles. The predicted molar refractivity (Wildman–Crippen MR) is 117 cm³/mol. The van der Waals surface area contributed by atoms with Gasteiger partial charge in [0.2, 0.25) is 15.9 Å². The average molecular weight is 433 g/mol. The van der Waals surface area contributed by atoms with Gasteiger partial charge in [0.25, 0.3) is 0 Å². The van der Waals surface area contributed by atoms with Crippen molar-refractivity contribution in [3.63, 3.8) is 0 Å². The molecule has 1 amide bonds. The lowest BCUT2D eigenvalue weighted by molar-refractivity contribution is -0.113. The number of amides is 1. The summed E-state index contributed by atoms with van der Waals surface area (Å²) in [6.45, 7) is 4.83. The molecule has 0 fully saturated rings. The van der Waals surface area contributed by atoms with Crippen molar-refractivity contribution in [1.82, 2.24) is 9.55 Å². The summed E-state index contributed by atoms with van der Waals surface area (Å²) < 4.78 is 25.2. The van der Waals surface area contributed by atoms with Crippen LogP contribution < -0.4 is 10.5 Å². The van der Waals surface area contributed by atoms with E-state index < -0.39 is 10.0 Å². The van der Waals surface area contributed by atoms with Gasteiger partial charge in [-0.25, -0.2) is 18.5 Å². The van der Waals surface area contributed by atoms with Gasteiger partial charge < -0.3 is 9.88 Å². The maximum Gasteiger partial charge on any atom is 0.238 e. The number of aryl methyl sites for hydroxylation is 2. The summed E-state index contributed by atoms with van der Waals surface area (Å²) in [7, 11) is -3.80. The van der Waals surface area contributed by atoms with Crippen molar-refractivity contribution in [2.24, 2.45) is 5.14 Å². The SMILES string of the molecule is CCCn1c(SCC(=O)Nc2cccc(CC)c2)nc2cc(S(N)(=O)=O)ccc21. The molecule has 3 aromatic rings. The lowest BCUT2D eigenvalue weighted by atomic mass is 10.1. The smallest absolute Gasteiger partial charge is 0.238 e. The van der Waals surface area contributed by atoms with E-state index in [9.17, 15) is 13.2 Å². The van der Waals surface area contributed by atoms with E-state index in [1.807, 2.05) is 35.8 Å². The van der Waals surface area contributed by atoms with Crippen LogP contribution in [0.1, 0.15) is 25.8 Å². The Morgan fingerprint density at radius 2 is 2.00 bits per heavy atom. The number of hydrogen-bond acceptors (Lipinski definition) is 5. The Kier molecular flexibility index (Phi) is 6.61. The second kappa shape index (κ2) is 8.98. The summed E-state index contributed by atoms with van der Waals surface area (Å²) in [5.74, 6) is 0.0782. The second-order valence-electron chi connectivity index (χ2n) is 6.63. The number of rotatable bonds is 8. The number of hydrogen-bond donors (Lipinski definition) is 2. The first-order valence-corrected chi connectivity index (χ1v) is 11.9. The van der Waals surface area contributed by atoms with E-state index in [2.05, 4.69) is 17.2 Å². The fourth-order valence-corrected chi connectivity index (χ4v) is 4.38. The molecule has 1 aromatic heterocycles. The van der Waals surface area contributed by atoms with Gasteiger partial charge in [0.15, 0.2) is 5.16 Å². The van der Waals surface area contributed by atoms with Gasteiger partial charge in [0.1, 0.15) is 0 Å². The number of fused-ring (bicyclic) bond motifs is 1. The van der Waals surface area contributed by atoms with Gasteiger partial charge >= 0.3 is 0 Å². The van der Waals surface area contributed by atoms with Gasteiger partial charge in [-0.1, -0.05) is 37.7 Å². The van der Waals surface area contributed by atoms with Crippen LogP contribution in [0, 0.1) is 0 Å². The molecule has 0 aliphatic carbocycles. The van der Waals surface area contributed by atoms with Crippen molar-refractivity contribution in [2.45, 2.75) is 43.3 Å². The quantitative estimate of drug-likeness (QED) is 0.531. The van der Waals surface area contributed by atoms with E-state index in [0.29, 0.717) is 17.2 Å². The molecule has 0 saturated carbocycles. The average Bonchev–Trinajstić information content (AvgIpc) is 3.03. The Morgan fingerprint density at radius 3 is 2.69 bits per heavy atom. The number of nitrogens with two attached hydrogens (primary N) is 1. The van der Waals surface area contributed by atoms with Gasteiger partial charge in [0.05, 0.1) is 21.7 Å². The molecule has 0 radical (unpaired) electrons. The first kappa shape index (κ1) is 21.4. The summed E-state index contributed by atoms with van der Waals surface area (Å²) in [5, 5.41) is 8.80. The number of thioether (sulfide) groups is 1. The summed E-state index contributed by atoms with van der Waals surface area (Å²) in [4.78, 5) is 17.0. The zero-order valence-corrected chi connectivity index (χ0v) is 18.0. The zero-order valence-electron chi connectivity index (χ0n) is 16.4. The van der Waals surface area contributed by atoms with Crippen molar-refractivity contribution in [3.05, 3.63) is 48.0 Å². The third-order valence-corrected chi connectivity index (χ3v) is 6.30. The molecule has 3 N–H and O–H groups in total. The second-order valence-corrected chi connectivity index (χ2v) is 9.14. The number of aromatic nitrogens is 2. The molecule has 1 heterocycles. The molecule has 0 unspecified atom stereocenters. The van der Waals surface area contributed by atoms with Crippen LogP contribution in [0.4, 0.5) is 5.69 Å². The van der Waals surface area contributed by atoms with Crippen LogP contribution in [0.5, 0.6) is 0 Å². The molecule has 7 nitrogen and oxygen atoms in total. The van der Waals surface area contributed by atoms with Crippen LogP contribution in [0.25, 0.3) is 11.0 Å². The maximum absolute atomic E-state index is 12.4. The molecular formula is C20H24N4O3S2. The minimum Gasteiger partial charge on any atom is -0.325 e. The van der Waals surface area contributed by atoms with Crippen LogP contribution in [-0.2, 0) is 27.8 Å². The highest BCUT2D eigenvalue weighted by Gasteiger charge is 2.16. The zero-order chi connectivity index (χ0) is 21.0. The Hall–Kier alpha value is -2.36. The number of primary sulfonamides is 1. The Morgan fingerprint density at radius 1 is 1.21 bits per heavy atom. The lowest BCUT2D eigenvalue weighted by Gasteiger charge is -2.08.